The van der Waals surface area contributed by atoms with Gasteiger partial charge in [0.15, 0.2) is 29.6 Å². The van der Waals surface area contributed by atoms with Crippen molar-refractivity contribution >= 4 is 28.7 Å². The lowest BCUT2D eigenvalue weighted by Gasteiger charge is -2.37. The van der Waals surface area contributed by atoms with E-state index in [0.29, 0.717) is 16.7 Å². The molecule has 7 rings (SSSR count). The fourth-order valence-corrected chi connectivity index (χ4v) is 6.29. The third kappa shape index (κ3) is 5.95. The van der Waals surface area contributed by atoms with Crippen LogP contribution in [-0.4, -0.2) is 61.3 Å². The van der Waals surface area contributed by atoms with Gasteiger partial charge in [0.2, 0.25) is 0 Å². The number of aliphatic hydroxyl groups excluding tert-OH is 1. The minimum atomic E-state index is -1.36. The van der Waals surface area contributed by atoms with Gasteiger partial charge in [0, 0.05) is 5.56 Å². The van der Waals surface area contributed by atoms with Crippen molar-refractivity contribution in [2.45, 2.75) is 37.1 Å². The van der Waals surface area contributed by atoms with E-state index in [1.165, 1.54) is 31.7 Å². The zero-order valence-electron chi connectivity index (χ0n) is 26.5. The van der Waals surface area contributed by atoms with Crippen LogP contribution in [0.1, 0.15) is 50.6 Å². The number of benzene rings is 4. The molecule has 0 unspecified atom stereocenters. The molecular formula is C38H33N5O6. The van der Waals surface area contributed by atoms with Gasteiger partial charge in [-0.05, 0) is 35.7 Å². The minimum Gasteiger partial charge on any atom is -0.453 e. The molecule has 11 nitrogen and oxygen atoms in total. The molecule has 0 amide bonds. The number of carbonyl (C=O) groups excluding carboxylic acids is 2. The second-order valence-corrected chi connectivity index (χ2v) is 11.7. The number of hydrogen-bond acceptors (Lipinski definition) is 10. The molecule has 2 aromatic heterocycles. The van der Waals surface area contributed by atoms with Crippen molar-refractivity contribution in [2.24, 2.45) is 0 Å². The van der Waals surface area contributed by atoms with Crippen molar-refractivity contribution in [3.8, 4) is 0 Å². The van der Waals surface area contributed by atoms with E-state index < -0.39 is 36.1 Å². The quantitative estimate of drug-likeness (QED) is 0.116. The summed E-state index contributed by atoms with van der Waals surface area (Å²) in [6.45, 7) is 1.35. The van der Waals surface area contributed by atoms with Gasteiger partial charge in [-0.25, -0.2) is 19.7 Å². The number of aromatic nitrogens is 4. The first-order chi connectivity index (χ1) is 23.9. The van der Waals surface area contributed by atoms with Crippen molar-refractivity contribution in [1.29, 1.82) is 0 Å². The Kier molecular flexibility index (Phi) is 8.70. The number of esters is 1. The normalized spacial score (nSPS) is 19.1. The molecule has 0 spiro atoms. The molecule has 246 valence electrons. The molecular weight excluding hydrogens is 622 g/mol. The standard InChI is InChI=1S/C38H33N5O6/c1-24(44)25-17-19-26(20-18-25)37(46)49-33-30(48-36(32(33)45)43-23-42-31-34(39)40-22-41-35(31)43)21-47-38(27-11-5-2-6-12-27,28-13-7-3-8-14-28)29-15-9-4-10-16-29/h2-20,22-23,30,32-33,36,45H,21H2,1H3,(H2,39,40,41)/t30-,32-,33-,36-/m1/s1. The van der Waals surface area contributed by atoms with Gasteiger partial charge in [0.1, 0.15) is 29.7 Å². The number of aliphatic hydroxyl groups is 1. The van der Waals surface area contributed by atoms with E-state index in [-0.39, 0.29) is 23.8 Å². The number of fused-ring (bicyclic) bond motifs is 1. The van der Waals surface area contributed by atoms with Crippen molar-refractivity contribution in [1.82, 2.24) is 19.5 Å². The highest BCUT2D eigenvalue weighted by molar-refractivity contribution is 5.96. The number of Topliss-reactive ketones (excluding diaryl/α,β-unsaturated/α-hetero) is 1. The molecule has 0 radical (unpaired) electrons. The highest BCUT2D eigenvalue weighted by Gasteiger charge is 2.49. The Bertz CT molecular complexity index is 1980. The van der Waals surface area contributed by atoms with Crippen LogP contribution >= 0.6 is 0 Å². The van der Waals surface area contributed by atoms with Gasteiger partial charge in [-0.1, -0.05) is 103 Å². The van der Waals surface area contributed by atoms with Crippen molar-refractivity contribution in [2.75, 3.05) is 12.3 Å². The number of ether oxygens (including phenoxy) is 3. The van der Waals surface area contributed by atoms with Gasteiger partial charge in [0.05, 0.1) is 18.5 Å². The molecule has 4 atom stereocenters. The fraction of sp³-hybridized carbons (Fsp3) is 0.184. The summed E-state index contributed by atoms with van der Waals surface area (Å²) in [5.74, 6) is -0.655. The van der Waals surface area contributed by atoms with Gasteiger partial charge in [-0.2, -0.15) is 0 Å². The molecule has 1 fully saturated rings. The average molecular weight is 656 g/mol. The Morgan fingerprint density at radius 1 is 0.816 bits per heavy atom. The summed E-state index contributed by atoms with van der Waals surface area (Å²) in [5, 5.41) is 11.8. The lowest BCUT2D eigenvalue weighted by Crippen LogP contribution is -2.41. The van der Waals surface area contributed by atoms with E-state index >= 15 is 0 Å². The van der Waals surface area contributed by atoms with E-state index in [4.69, 9.17) is 19.9 Å². The number of hydrogen-bond donors (Lipinski definition) is 2. The van der Waals surface area contributed by atoms with Gasteiger partial charge in [-0.3, -0.25) is 9.36 Å². The second kappa shape index (κ2) is 13.4. The monoisotopic (exact) mass is 655 g/mol. The first-order valence-electron chi connectivity index (χ1n) is 15.8. The zero-order chi connectivity index (χ0) is 34.0. The third-order valence-electron chi connectivity index (χ3n) is 8.75. The number of ketones is 1. The van der Waals surface area contributed by atoms with E-state index in [1.54, 1.807) is 16.7 Å². The topological polar surface area (TPSA) is 152 Å². The summed E-state index contributed by atoms with van der Waals surface area (Å²) in [6, 6.07) is 35.6. The van der Waals surface area contributed by atoms with Crippen molar-refractivity contribution in [3.63, 3.8) is 0 Å². The fourth-order valence-electron chi connectivity index (χ4n) is 6.29. The smallest absolute Gasteiger partial charge is 0.338 e. The lowest BCUT2D eigenvalue weighted by molar-refractivity contribution is -0.0960. The van der Waals surface area contributed by atoms with Crippen LogP contribution < -0.4 is 5.73 Å². The van der Waals surface area contributed by atoms with Gasteiger partial charge >= 0.3 is 5.97 Å². The largest absolute Gasteiger partial charge is 0.453 e. The molecule has 3 heterocycles. The number of nitrogens with two attached hydrogens (primary N) is 1. The number of imidazole rings is 1. The van der Waals surface area contributed by atoms with Crippen LogP contribution in [0.2, 0.25) is 0 Å². The molecule has 3 N–H and O–H groups in total. The summed E-state index contributed by atoms with van der Waals surface area (Å²) in [4.78, 5) is 38.0. The van der Waals surface area contributed by atoms with Crippen LogP contribution in [0.25, 0.3) is 11.2 Å². The van der Waals surface area contributed by atoms with Crippen LogP contribution in [0.3, 0.4) is 0 Å². The molecule has 11 heteroatoms. The van der Waals surface area contributed by atoms with Gasteiger partial charge in [0.25, 0.3) is 0 Å². The Morgan fingerprint density at radius 2 is 1.37 bits per heavy atom. The number of nitrogen functional groups attached to an aromatic ring is 1. The van der Waals surface area contributed by atoms with E-state index in [2.05, 4.69) is 15.0 Å². The molecule has 0 aliphatic carbocycles. The molecule has 0 bridgehead atoms. The highest BCUT2D eigenvalue weighted by atomic mass is 16.6. The van der Waals surface area contributed by atoms with Crippen LogP contribution in [0.15, 0.2) is 128 Å². The summed E-state index contributed by atoms with van der Waals surface area (Å²) >= 11 is 0. The van der Waals surface area contributed by atoms with E-state index in [1.807, 2.05) is 91.0 Å². The van der Waals surface area contributed by atoms with Crippen molar-refractivity contribution in [3.05, 3.63) is 156 Å². The second-order valence-electron chi connectivity index (χ2n) is 11.7. The van der Waals surface area contributed by atoms with E-state index in [9.17, 15) is 14.7 Å². The predicted molar refractivity (Wildman–Crippen MR) is 180 cm³/mol. The van der Waals surface area contributed by atoms with Crippen LogP contribution in [0.5, 0.6) is 0 Å². The zero-order valence-corrected chi connectivity index (χ0v) is 26.5. The first kappa shape index (κ1) is 31.8. The molecule has 49 heavy (non-hydrogen) atoms. The number of nitrogens with zero attached hydrogens (tertiary/aromatic N) is 4. The maximum Gasteiger partial charge on any atom is 0.338 e. The summed E-state index contributed by atoms with van der Waals surface area (Å²) in [6.07, 6.45) is -1.80. The Balaban J connectivity index is 1.28. The lowest BCUT2D eigenvalue weighted by atomic mass is 9.80. The minimum absolute atomic E-state index is 0.1000. The van der Waals surface area contributed by atoms with Crippen LogP contribution in [-0.2, 0) is 19.8 Å². The average Bonchev–Trinajstić information content (AvgIpc) is 3.71. The van der Waals surface area contributed by atoms with Crippen LogP contribution in [0, 0.1) is 0 Å². The molecule has 1 saturated heterocycles. The summed E-state index contributed by atoms with van der Waals surface area (Å²) in [5.41, 5.74) is 8.90. The third-order valence-corrected chi connectivity index (χ3v) is 8.75. The summed E-state index contributed by atoms with van der Waals surface area (Å²) < 4.78 is 21.1. The highest BCUT2D eigenvalue weighted by Crippen LogP contribution is 2.42. The number of carbonyl (C=O) groups is 2. The van der Waals surface area contributed by atoms with E-state index in [0.717, 1.165) is 16.7 Å². The van der Waals surface area contributed by atoms with Gasteiger partial charge in [-0.15, -0.1) is 0 Å². The predicted octanol–water partition coefficient (Wildman–Crippen LogP) is 5.10. The molecule has 0 saturated carbocycles. The maximum atomic E-state index is 13.5. The maximum absolute atomic E-state index is 13.5. The summed E-state index contributed by atoms with van der Waals surface area (Å²) in [7, 11) is 0. The van der Waals surface area contributed by atoms with Crippen LogP contribution in [0.4, 0.5) is 5.82 Å². The first-order valence-corrected chi connectivity index (χ1v) is 15.8. The number of rotatable bonds is 10. The Morgan fingerprint density at radius 3 is 1.92 bits per heavy atom. The Hall–Kier alpha value is -5.75. The Labute approximate surface area is 281 Å². The molecule has 1 aliphatic heterocycles. The molecule has 6 aromatic rings. The van der Waals surface area contributed by atoms with Crippen molar-refractivity contribution < 1.29 is 28.9 Å². The van der Waals surface area contributed by atoms with Gasteiger partial charge < -0.3 is 25.1 Å². The number of anilines is 1. The molecule has 1 aliphatic rings. The SMILES string of the molecule is CC(=O)c1ccc(C(=O)O[C@H]2[C@@H](O)[C@H](n3cnc4c(N)ncnc43)O[C@@H]2COC(c2ccccc2)(c2ccccc2)c2ccccc2)cc1. The molecule has 4 aromatic carbocycles.